The lowest BCUT2D eigenvalue weighted by atomic mass is 10.2. The maximum atomic E-state index is 4.60. The minimum absolute atomic E-state index is 0.625. The summed E-state index contributed by atoms with van der Waals surface area (Å²) in [6.07, 6.45) is 8.01. The summed E-state index contributed by atoms with van der Waals surface area (Å²) in [5, 5.41) is 3.40. The van der Waals surface area contributed by atoms with E-state index in [-0.39, 0.29) is 0 Å². The molecule has 5 heteroatoms. The third-order valence-electron chi connectivity index (χ3n) is 3.27. The van der Waals surface area contributed by atoms with Crippen LogP contribution in [-0.2, 0) is 13.0 Å². The molecular weight excluding hydrogens is 262 g/mol. The largest absolute Gasteiger partial charge is 0.366 e. The lowest BCUT2D eigenvalue weighted by Crippen LogP contribution is -2.08. The highest BCUT2D eigenvalue weighted by Crippen LogP contribution is 2.15. The minimum atomic E-state index is 0.625. The molecule has 0 unspecified atom stereocenters. The fraction of sp³-hybridized carbons (Fsp3) is 0.188. The van der Waals surface area contributed by atoms with Crippen molar-refractivity contribution in [1.29, 1.82) is 0 Å². The summed E-state index contributed by atoms with van der Waals surface area (Å²) in [6, 6.07) is 10.3. The van der Waals surface area contributed by atoms with E-state index in [4.69, 9.17) is 0 Å². The molecular formula is C16H17N5. The monoisotopic (exact) mass is 279 g/mol. The Morgan fingerprint density at radius 3 is 2.76 bits per heavy atom. The first-order valence-electron chi connectivity index (χ1n) is 6.99. The van der Waals surface area contributed by atoms with Gasteiger partial charge in [0.05, 0.1) is 0 Å². The molecule has 2 aromatic heterocycles. The van der Waals surface area contributed by atoms with E-state index in [1.54, 1.807) is 17.1 Å². The second kappa shape index (κ2) is 6.17. The van der Waals surface area contributed by atoms with E-state index in [1.807, 2.05) is 30.6 Å². The van der Waals surface area contributed by atoms with E-state index < -0.39 is 0 Å². The molecule has 3 rings (SSSR count). The first-order valence-corrected chi connectivity index (χ1v) is 6.99. The molecule has 0 aliphatic rings. The first kappa shape index (κ1) is 13.3. The van der Waals surface area contributed by atoms with E-state index in [0.717, 1.165) is 24.3 Å². The molecule has 5 nitrogen and oxygen atoms in total. The van der Waals surface area contributed by atoms with Crippen molar-refractivity contribution in [3.8, 4) is 5.95 Å². The third-order valence-corrected chi connectivity index (χ3v) is 3.27. The van der Waals surface area contributed by atoms with E-state index in [9.17, 15) is 0 Å². The van der Waals surface area contributed by atoms with Crippen LogP contribution in [0.4, 0.5) is 5.82 Å². The standard InChI is InChI=1S/C16H17N5/c1-2-14-11-19-16(21-9-8-17-12-21)20-15(14)18-10-13-6-4-3-5-7-13/h3-9,11-12H,2,10H2,1H3,(H,18,19,20). The summed E-state index contributed by atoms with van der Waals surface area (Å²) in [6.45, 7) is 2.84. The molecule has 0 saturated heterocycles. The SMILES string of the molecule is CCc1cnc(-n2ccnc2)nc1NCc1ccccc1. The Kier molecular flexibility index (Phi) is 3.91. The molecule has 106 valence electrons. The molecule has 3 aromatic rings. The Hall–Kier alpha value is -2.69. The lowest BCUT2D eigenvalue weighted by Gasteiger charge is -2.11. The smallest absolute Gasteiger partial charge is 0.236 e. The molecule has 0 aliphatic carbocycles. The first-order chi connectivity index (χ1) is 10.4. The van der Waals surface area contributed by atoms with Gasteiger partial charge in [0.15, 0.2) is 0 Å². The van der Waals surface area contributed by atoms with E-state index in [1.165, 1.54) is 5.56 Å². The predicted octanol–water partition coefficient (Wildman–Crippen LogP) is 2.84. The number of nitrogens with one attached hydrogen (secondary N) is 1. The zero-order valence-electron chi connectivity index (χ0n) is 11.9. The van der Waals surface area contributed by atoms with Gasteiger partial charge in [-0.25, -0.2) is 9.97 Å². The van der Waals surface area contributed by atoms with Crippen LogP contribution in [0.15, 0.2) is 55.2 Å². The van der Waals surface area contributed by atoms with Crippen molar-refractivity contribution in [3.05, 3.63) is 66.4 Å². The van der Waals surface area contributed by atoms with Gasteiger partial charge in [-0.2, -0.15) is 4.98 Å². The fourth-order valence-electron chi connectivity index (χ4n) is 2.09. The van der Waals surface area contributed by atoms with Gasteiger partial charge in [-0.3, -0.25) is 4.57 Å². The highest BCUT2D eigenvalue weighted by atomic mass is 15.2. The second-order valence-corrected chi connectivity index (χ2v) is 4.71. The maximum Gasteiger partial charge on any atom is 0.236 e. The maximum absolute atomic E-state index is 4.60. The molecule has 0 radical (unpaired) electrons. The highest BCUT2D eigenvalue weighted by molar-refractivity contribution is 5.45. The van der Waals surface area contributed by atoms with Crippen LogP contribution in [0.1, 0.15) is 18.1 Å². The fourth-order valence-corrected chi connectivity index (χ4v) is 2.09. The van der Waals surface area contributed by atoms with Gasteiger partial charge < -0.3 is 5.32 Å². The summed E-state index contributed by atoms with van der Waals surface area (Å²) in [4.78, 5) is 13.0. The molecule has 1 aromatic carbocycles. The molecule has 0 atom stereocenters. The van der Waals surface area contributed by atoms with Crippen LogP contribution < -0.4 is 5.32 Å². The molecule has 0 aliphatic heterocycles. The number of hydrogen-bond donors (Lipinski definition) is 1. The highest BCUT2D eigenvalue weighted by Gasteiger charge is 2.07. The molecule has 1 N–H and O–H groups in total. The van der Waals surface area contributed by atoms with E-state index in [2.05, 4.69) is 39.3 Å². The number of benzene rings is 1. The average molecular weight is 279 g/mol. The summed E-state index contributed by atoms with van der Waals surface area (Å²) in [5.74, 6) is 1.50. The quantitative estimate of drug-likeness (QED) is 0.780. The summed E-state index contributed by atoms with van der Waals surface area (Å²) >= 11 is 0. The van der Waals surface area contributed by atoms with Crippen molar-refractivity contribution in [2.45, 2.75) is 19.9 Å². The summed E-state index contributed by atoms with van der Waals surface area (Å²) in [7, 11) is 0. The van der Waals surface area contributed by atoms with Crippen LogP contribution in [0, 0.1) is 0 Å². The normalized spacial score (nSPS) is 10.5. The van der Waals surface area contributed by atoms with Crippen molar-refractivity contribution in [1.82, 2.24) is 19.5 Å². The van der Waals surface area contributed by atoms with Gasteiger partial charge in [-0.15, -0.1) is 0 Å². The number of hydrogen-bond acceptors (Lipinski definition) is 4. The van der Waals surface area contributed by atoms with Gasteiger partial charge in [0.2, 0.25) is 5.95 Å². The zero-order chi connectivity index (χ0) is 14.5. The van der Waals surface area contributed by atoms with Crippen LogP contribution in [0.5, 0.6) is 0 Å². The zero-order valence-corrected chi connectivity index (χ0v) is 11.9. The van der Waals surface area contributed by atoms with E-state index >= 15 is 0 Å². The van der Waals surface area contributed by atoms with Gasteiger partial charge in [0.1, 0.15) is 12.1 Å². The van der Waals surface area contributed by atoms with Crippen LogP contribution in [0.25, 0.3) is 5.95 Å². The minimum Gasteiger partial charge on any atom is -0.366 e. The number of anilines is 1. The molecule has 0 spiro atoms. The molecule has 0 fully saturated rings. The Balaban J connectivity index is 1.84. The molecule has 21 heavy (non-hydrogen) atoms. The van der Waals surface area contributed by atoms with Crippen molar-refractivity contribution in [2.75, 3.05) is 5.32 Å². The van der Waals surface area contributed by atoms with Gasteiger partial charge in [-0.05, 0) is 12.0 Å². The van der Waals surface area contributed by atoms with Crippen LogP contribution in [0.2, 0.25) is 0 Å². The second-order valence-electron chi connectivity index (χ2n) is 4.71. The van der Waals surface area contributed by atoms with Crippen LogP contribution in [0.3, 0.4) is 0 Å². The van der Waals surface area contributed by atoms with Crippen LogP contribution in [-0.4, -0.2) is 19.5 Å². The Morgan fingerprint density at radius 2 is 2.05 bits per heavy atom. The number of aryl methyl sites for hydroxylation is 1. The summed E-state index contributed by atoms with van der Waals surface area (Å²) < 4.78 is 1.80. The predicted molar refractivity (Wildman–Crippen MR) is 82.3 cm³/mol. The van der Waals surface area contributed by atoms with Gasteiger partial charge >= 0.3 is 0 Å². The topological polar surface area (TPSA) is 55.6 Å². The number of imidazole rings is 1. The van der Waals surface area contributed by atoms with Gasteiger partial charge in [0.25, 0.3) is 0 Å². The summed E-state index contributed by atoms with van der Waals surface area (Å²) in [5.41, 5.74) is 2.33. The Labute approximate surface area is 123 Å². The lowest BCUT2D eigenvalue weighted by molar-refractivity contribution is 0.902. The van der Waals surface area contributed by atoms with Gasteiger partial charge in [-0.1, -0.05) is 37.3 Å². The molecule has 0 amide bonds. The molecule has 0 saturated carbocycles. The van der Waals surface area contributed by atoms with E-state index in [0.29, 0.717) is 5.95 Å². The number of nitrogens with zero attached hydrogens (tertiary/aromatic N) is 4. The number of rotatable bonds is 5. The third kappa shape index (κ3) is 3.08. The number of aromatic nitrogens is 4. The van der Waals surface area contributed by atoms with Crippen molar-refractivity contribution in [3.63, 3.8) is 0 Å². The van der Waals surface area contributed by atoms with Crippen molar-refractivity contribution < 1.29 is 0 Å². The van der Waals surface area contributed by atoms with Crippen molar-refractivity contribution >= 4 is 5.82 Å². The van der Waals surface area contributed by atoms with Crippen LogP contribution >= 0.6 is 0 Å². The van der Waals surface area contributed by atoms with Crippen molar-refractivity contribution in [2.24, 2.45) is 0 Å². The molecule has 2 heterocycles. The molecule has 0 bridgehead atoms. The Morgan fingerprint density at radius 1 is 1.19 bits per heavy atom. The Bertz CT molecular complexity index is 692. The average Bonchev–Trinajstić information content (AvgIpc) is 3.08. The van der Waals surface area contributed by atoms with Gasteiger partial charge in [0, 0.05) is 30.7 Å².